The molecule has 0 heterocycles. The molecule has 3 nitrogen and oxygen atoms in total. The summed E-state index contributed by atoms with van der Waals surface area (Å²) in [6.07, 6.45) is -3.81. The van der Waals surface area contributed by atoms with E-state index in [-0.39, 0.29) is 5.56 Å². The lowest BCUT2D eigenvalue weighted by Crippen LogP contribution is -2.06. The van der Waals surface area contributed by atoms with E-state index < -0.39 is 17.5 Å². The van der Waals surface area contributed by atoms with E-state index in [4.69, 9.17) is 5.21 Å². The summed E-state index contributed by atoms with van der Waals surface area (Å²) in [5, 5.41) is 10.5. The second kappa shape index (κ2) is 4.12. The Labute approximate surface area is 82.8 Å². The van der Waals surface area contributed by atoms with Crippen LogP contribution in [0.4, 0.5) is 13.2 Å². The van der Waals surface area contributed by atoms with Gasteiger partial charge in [0.15, 0.2) is 0 Å². The highest BCUT2D eigenvalue weighted by atomic mass is 19.4. The SMILES string of the molecule is O=C(/C=N/O)c1ccc(C(F)(F)F)cc1. The largest absolute Gasteiger partial charge is 0.416 e. The van der Waals surface area contributed by atoms with Crippen molar-refractivity contribution in [2.45, 2.75) is 6.18 Å². The molecule has 1 N–H and O–H groups in total. The first-order chi connectivity index (χ1) is 6.95. The second-order valence-corrected chi connectivity index (χ2v) is 2.68. The van der Waals surface area contributed by atoms with E-state index in [0.29, 0.717) is 6.21 Å². The number of Topliss-reactive ketones (excluding diaryl/α,β-unsaturated/α-hetero) is 1. The number of nitrogens with zero attached hydrogens (tertiary/aromatic N) is 1. The Morgan fingerprint density at radius 1 is 1.27 bits per heavy atom. The van der Waals surface area contributed by atoms with Crippen LogP contribution < -0.4 is 0 Å². The maximum Gasteiger partial charge on any atom is 0.416 e. The summed E-state index contributed by atoms with van der Waals surface area (Å²) in [5.74, 6) is -0.661. The highest BCUT2D eigenvalue weighted by molar-refractivity contribution is 6.35. The molecule has 1 aromatic rings. The Balaban J connectivity index is 2.95. The summed E-state index contributed by atoms with van der Waals surface area (Å²) < 4.78 is 36.4. The van der Waals surface area contributed by atoms with Gasteiger partial charge in [0.25, 0.3) is 0 Å². The van der Waals surface area contributed by atoms with Crippen molar-refractivity contribution in [3.63, 3.8) is 0 Å². The smallest absolute Gasteiger partial charge is 0.411 e. The van der Waals surface area contributed by atoms with Crippen LogP contribution in [0, 0.1) is 0 Å². The first-order valence-electron chi connectivity index (χ1n) is 3.84. The quantitative estimate of drug-likeness (QED) is 0.357. The first kappa shape index (κ1) is 11.2. The van der Waals surface area contributed by atoms with Crippen molar-refractivity contribution in [3.8, 4) is 0 Å². The van der Waals surface area contributed by atoms with Gasteiger partial charge in [-0.25, -0.2) is 0 Å². The van der Waals surface area contributed by atoms with Crippen molar-refractivity contribution in [1.82, 2.24) is 0 Å². The zero-order chi connectivity index (χ0) is 11.5. The van der Waals surface area contributed by atoms with E-state index in [0.717, 1.165) is 24.3 Å². The number of halogens is 3. The molecule has 0 aliphatic heterocycles. The van der Waals surface area contributed by atoms with Crippen molar-refractivity contribution >= 4 is 12.0 Å². The van der Waals surface area contributed by atoms with Crippen LogP contribution >= 0.6 is 0 Å². The molecule has 0 aliphatic carbocycles. The number of carbonyl (C=O) groups excluding carboxylic acids is 1. The number of ketones is 1. The van der Waals surface area contributed by atoms with Crippen molar-refractivity contribution in [2.24, 2.45) is 5.16 Å². The van der Waals surface area contributed by atoms with Gasteiger partial charge in [0, 0.05) is 5.56 Å². The van der Waals surface area contributed by atoms with Crippen LogP contribution in [0.2, 0.25) is 0 Å². The molecule has 6 heteroatoms. The van der Waals surface area contributed by atoms with Crippen LogP contribution in [0.5, 0.6) is 0 Å². The lowest BCUT2D eigenvalue weighted by molar-refractivity contribution is -0.137. The van der Waals surface area contributed by atoms with Crippen LogP contribution in [0.3, 0.4) is 0 Å². The van der Waals surface area contributed by atoms with E-state index >= 15 is 0 Å². The Hall–Kier alpha value is -1.85. The van der Waals surface area contributed by atoms with Crippen molar-refractivity contribution in [3.05, 3.63) is 35.4 Å². The van der Waals surface area contributed by atoms with Crippen LogP contribution in [0.15, 0.2) is 29.4 Å². The summed E-state index contributed by atoms with van der Waals surface area (Å²) in [6.45, 7) is 0. The van der Waals surface area contributed by atoms with Gasteiger partial charge in [-0.05, 0) is 12.1 Å². The lowest BCUT2D eigenvalue weighted by atomic mass is 10.1. The second-order valence-electron chi connectivity index (χ2n) is 2.68. The fraction of sp³-hybridized carbons (Fsp3) is 0.111. The van der Waals surface area contributed by atoms with E-state index in [2.05, 4.69) is 5.16 Å². The summed E-state index contributed by atoms with van der Waals surface area (Å²) >= 11 is 0. The van der Waals surface area contributed by atoms with Crippen molar-refractivity contribution in [1.29, 1.82) is 0 Å². The molecule has 0 unspecified atom stereocenters. The van der Waals surface area contributed by atoms with Gasteiger partial charge < -0.3 is 5.21 Å². The van der Waals surface area contributed by atoms with Gasteiger partial charge in [-0.15, -0.1) is 0 Å². The maximum atomic E-state index is 12.1. The molecule has 1 aromatic carbocycles. The fourth-order valence-corrected chi connectivity index (χ4v) is 0.950. The standard InChI is InChI=1S/C9H6F3NO2/c10-9(11,12)7-3-1-6(2-4-7)8(14)5-13-15/h1-5,15H/b13-5+. The number of hydrogen-bond donors (Lipinski definition) is 1. The molecule has 0 fully saturated rings. The molecule has 0 radical (unpaired) electrons. The van der Waals surface area contributed by atoms with Crippen LogP contribution in [-0.4, -0.2) is 17.2 Å². The Morgan fingerprint density at radius 2 is 1.80 bits per heavy atom. The van der Waals surface area contributed by atoms with E-state index in [1.165, 1.54) is 0 Å². The molecule has 0 aromatic heterocycles. The highest BCUT2D eigenvalue weighted by Gasteiger charge is 2.30. The topological polar surface area (TPSA) is 49.7 Å². The normalized spacial score (nSPS) is 11.9. The zero-order valence-corrected chi connectivity index (χ0v) is 7.32. The molecular formula is C9H6F3NO2. The Morgan fingerprint density at radius 3 is 2.20 bits per heavy atom. The summed E-state index contributed by atoms with van der Waals surface area (Å²) in [4.78, 5) is 11.0. The van der Waals surface area contributed by atoms with Gasteiger partial charge in [-0.2, -0.15) is 13.2 Å². The summed E-state index contributed by atoms with van der Waals surface area (Å²) in [7, 11) is 0. The number of benzene rings is 1. The Kier molecular flexibility index (Phi) is 3.08. The maximum absolute atomic E-state index is 12.1. The predicted octanol–water partition coefficient (Wildman–Crippen LogP) is 2.35. The molecule has 0 saturated carbocycles. The number of oxime groups is 1. The van der Waals surface area contributed by atoms with Crippen molar-refractivity contribution in [2.75, 3.05) is 0 Å². The third-order valence-electron chi connectivity index (χ3n) is 1.67. The third kappa shape index (κ3) is 2.80. The van der Waals surface area contributed by atoms with Crippen LogP contribution in [-0.2, 0) is 6.18 Å². The minimum atomic E-state index is -4.42. The highest BCUT2D eigenvalue weighted by Crippen LogP contribution is 2.28. The predicted molar refractivity (Wildman–Crippen MR) is 46.1 cm³/mol. The average Bonchev–Trinajstić information content (AvgIpc) is 2.17. The van der Waals surface area contributed by atoms with Gasteiger partial charge in [-0.3, -0.25) is 4.79 Å². The molecule has 0 saturated heterocycles. The summed E-state index contributed by atoms with van der Waals surface area (Å²) in [5.41, 5.74) is -0.805. The molecule has 0 aliphatic rings. The van der Waals surface area contributed by atoms with Crippen LogP contribution in [0.25, 0.3) is 0 Å². The molecule has 0 spiro atoms. The molecular weight excluding hydrogens is 211 g/mol. The monoisotopic (exact) mass is 217 g/mol. The van der Waals surface area contributed by atoms with Crippen molar-refractivity contribution < 1.29 is 23.2 Å². The molecule has 15 heavy (non-hydrogen) atoms. The molecule has 0 bridgehead atoms. The van der Waals surface area contributed by atoms with Gasteiger partial charge in [0.2, 0.25) is 5.78 Å². The minimum absolute atomic E-state index is 0.0285. The molecule has 1 rings (SSSR count). The van der Waals surface area contributed by atoms with E-state index in [9.17, 15) is 18.0 Å². The van der Waals surface area contributed by atoms with Crippen LogP contribution in [0.1, 0.15) is 15.9 Å². The summed E-state index contributed by atoms with van der Waals surface area (Å²) in [6, 6.07) is 3.62. The fourth-order valence-electron chi connectivity index (χ4n) is 0.950. The number of carbonyl (C=O) groups is 1. The van der Waals surface area contributed by atoms with E-state index in [1.54, 1.807) is 0 Å². The third-order valence-corrected chi connectivity index (χ3v) is 1.67. The number of alkyl halides is 3. The van der Waals surface area contributed by atoms with E-state index in [1.807, 2.05) is 0 Å². The van der Waals surface area contributed by atoms with Gasteiger partial charge in [-0.1, -0.05) is 17.3 Å². The van der Waals surface area contributed by atoms with Gasteiger partial charge in [0.05, 0.1) is 5.56 Å². The lowest BCUT2D eigenvalue weighted by Gasteiger charge is -2.05. The average molecular weight is 217 g/mol. The molecule has 0 amide bonds. The minimum Gasteiger partial charge on any atom is -0.411 e. The molecule has 0 atom stereocenters. The zero-order valence-electron chi connectivity index (χ0n) is 7.32. The first-order valence-corrected chi connectivity index (χ1v) is 3.84. The molecule has 80 valence electrons. The Bertz CT molecular complexity index is 381. The van der Waals surface area contributed by atoms with Gasteiger partial charge in [0.1, 0.15) is 6.21 Å². The number of rotatable bonds is 2. The van der Waals surface area contributed by atoms with Gasteiger partial charge >= 0.3 is 6.18 Å². The number of hydrogen-bond acceptors (Lipinski definition) is 3.